The van der Waals surface area contributed by atoms with Crippen molar-refractivity contribution >= 4 is 35.0 Å². The average molecular weight is 338 g/mol. The molecule has 1 saturated heterocycles. The van der Waals surface area contributed by atoms with Crippen molar-refractivity contribution in [3.63, 3.8) is 0 Å². The number of rotatable bonds is 5. The second kappa shape index (κ2) is 7.46. The first kappa shape index (κ1) is 17.3. The monoisotopic (exact) mass is 337 g/mol. The Balaban J connectivity index is 2.06. The summed E-state index contributed by atoms with van der Waals surface area (Å²) >= 11 is 6.14. The van der Waals surface area contributed by atoms with Gasteiger partial charge in [-0.2, -0.15) is 0 Å². The summed E-state index contributed by atoms with van der Waals surface area (Å²) in [5.74, 6) is -0.633. The molecular formula is C16H20ClN3O3. The average Bonchev–Trinajstić information content (AvgIpc) is 2.90. The van der Waals surface area contributed by atoms with Gasteiger partial charge in [0, 0.05) is 24.6 Å². The fraction of sp³-hybridized carbons (Fsp3) is 0.438. The zero-order chi connectivity index (χ0) is 17.0. The van der Waals surface area contributed by atoms with Gasteiger partial charge in [-0.15, -0.1) is 0 Å². The third kappa shape index (κ3) is 4.45. The molecule has 124 valence electrons. The Morgan fingerprint density at radius 2 is 2.09 bits per heavy atom. The van der Waals surface area contributed by atoms with E-state index in [9.17, 15) is 14.4 Å². The molecule has 3 amide bonds. The third-order valence-electron chi connectivity index (χ3n) is 3.43. The molecule has 23 heavy (non-hydrogen) atoms. The van der Waals surface area contributed by atoms with Gasteiger partial charge >= 0.3 is 0 Å². The Morgan fingerprint density at radius 3 is 2.70 bits per heavy atom. The van der Waals surface area contributed by atoms with Gasteiger partial charge in [0.1, 0.15) is 0 Å². The number of nitrogens with zero attached hydrogens (tertiary/aromatic N) is 1. The highest BCUT2D eigenvalue weighted by atomic mass is 35.5. The Bertz CT molecular complexity index is 631. The predicted molar refractivity (Wildman–Crippen MR) is 88.7 cm³/mol. The third-order valence-corrected chi connectivity index (χ3v) is 3.75. The minimum Gasteiger partial charge on any atom is -0.352 e. The summed E-state index contributed by atoms with van der Waals surface area (Å²) in [4.78, 5) is 37.1. The fourth-order valence-corrected chi connectivity index (χ4v) is 2.62. The maximum Gasteiger partial charge on any atom is 0.251 e. The molecule has 0 atom stereocenters. The normalized spacial score (nSPS) is 14.3. The van der Waals surface area contributed by atoms with E-state index in [1.807, 2.05) is 13.8 Å². The van der Waals surface area contributed by atoms with Gasteiger partial charge in [-0.05, 0) is 38.5 Å². The van der Waals surface area contributed by atoms with Crippen LogP contribution in [0.25, 0.3) is 0 Å². The lowest BCUT2D eigenvalue weighted by Crippen LogP contribution is -2.39. The molecule has 1 heterocycles. The fourth-order valence-electron chi connectivity index (χ4n) is 2.40. The quantitative estimate of drug-likeness (QED) is 0.858. The van der Waals surface area contributed by atoms with E-state index < -0.39 is 0 Å². The van der Waals surface area contributed by atoms with E-state index in [4.69, 9.17) is 11.6 Å². The zero-order valence-corrected chi connectivity index (χ0v) is 13.9. The van der Waals surface area contributed by atoms with Gasteiger partial charge in [-0.25, -0.2) is 0 Å². The van der Waals surface area contributed by atoms with E-state index in [0.717, 1.165) is 6.42 Å². The summed E-state index contributed by atoms with van der Waals surface area (Å²) < 4.78 is 0. The molecule has 0 aliphatic carbocycles. The van der Waals surface area contributed by atoms with E-state index in [2.05, 4.69) is 10.6 Å². The highest BCUT2D eigenvalue weighted by Gasteiger charge is 2.24. The largest absolute Gasteiger partial charge is 0.352 e. The number of carbonyl (C=O) groups is 3. The summed E-state index contributed by atoms with van der Waals surface area (Å²) in [5.41, 5.74) is 0.898. The molecule has 1 aliphatic heterocycles. The van der Waals surface area contributed by atoms with E-state index >= 15 is 0 Å². The highest BCUT2D eigenvalue weighted by molar-refractivity contribution is 6.34. The number of benzene rings is 1. The summed E-state index contributed by atoms with van der Waals surface area (Å²) in [6.07, 6.45) is 1.27. The van der Waals surface area contributed by atoms with Gasteiger partial charge in [0.2, 0.25) is 11.8 Å². The lowest BCUT2D eigenvalue weighted by atomic mass is 10.1. The molecular weight excluding hydrogens is 318 g/mol. The molecule has 1 fully saturated rings. The second-order valence-corrected chi connectivity index (χ2v) is 6.13. The molecule has 1 aromatic rings. The van der Waals surface area contributed by atoms with Crippen molar-refractivity contribution in [2.24, 2.45) is 0 Å². The van der Waals surface area contributed by atoms with E-state index in [-0.39, 0.29) is 30.3 Å². The SMILES string of the molecule is CC(C)NC(=O)CNC(=O)c1ccc(Cl)c(N2CCCC2=O)c1. The van der Waals surface area contributed by atoms with Crippen molar-refractivity contribution in [3.05, 3.63) is 28.8 Å². The zero-order valence-electron chi connectivity index (χ0n) is 13.2. The molecule has 6 nitrogen and oxygen atoms in total. The standard InChI is InChI=1S/C16H20ClN3O3/c1-10(2)19-14(21)9-18-16(23)11-5-6-12(17)13(8-11)20-7-3-4-15(20)22/h5-6,8,10H,3-4,7,9H2,1-2H3,(H,18,23)(H,19,21). The predicted octanol–water partition coefficient (Wildman–Crippen LogP) is 1.72. The maximum atomic E-state index is 12.2. The molecule has 0 aromatic heterocycles. The van der Waals surface area contributed by atoms with Crippen molar-refractivity contribution < 1.29 is 14.4 Å². The number of nitrogens with one attached hydrogen (secondary N) is 2. The van der Waals surface area contributed by atoms with Crippen LogP contribution in [0, 0.1) is 0 Å². The number of hydrogen-bond donors (Lipinski definition) is 2. The first-order chi connectivity index (χ1) is 10.9. The molecule has 0 spiro atoms. The number of hydrogen-bond acceptors (Lipinski definition) is 3. The van der Waals surface area contributed by atoms with Gasteiger partial charge in [-0.3, -0.25) is 14.4 Å². The van der Waals surface area contributed by atoms with Crippen molar-refractivity contribution in [1.29, 1.82) is 0 Å². The van der Waals surface area contributed by atoms with Gasteiger partial charge in [0.25, 0.3) is 5.91 Å². The van der Waals surface area contributed by atoms with Crippen molar-refractivity contribution in [3.8, 4) is 0 Å². The van der Waals surface area contributed by atoms with Crippen molar-refractivity contribution in [2.75, 3.05) is 18.0 Å². The van der Waals surface area contributed by atoms with Crippen LogP contribution in [0.2, 0.25) is 5.02 Å². The number of anilines is 1. The number of amides is 3. The van der Waals surface area contributed by atoms with Crippen LogP contribution in [0.15, 0.2) is 18.2 Å². The van der Waals surface area contributed by atoms with Crippen LogP contribution in [0.3, 0.4) is 0 Å². The number of carbonyl (C=O) groups excluding carboxylic acids is 3. The van der Waals surface area contributed by atoms with E-state index in [1.165, 1.54) is 0 Å². The summed E-state index contributed by atoms with van der Waals surface area (Å²) in [7, 11) is 0. The lowest BCUT2D eigenvalue weighted by Gasteiger charge is -2.18. The maximum absolute atomic E-state index is 12.2. The molecule has 2 N–H and O–H groups in total. The van der Waals surface area contributed by atoms with Crippen LogP contribution in [-0.2, 0) is 9.59 Å². The minimum absolute atomic E-state index is 0.000712. The molecule has 7 heteroatoms. The molecule has 2 rings (SSSR count). The first-order valence-electron chi connectivity index (χ1n) is 7.56. The number of halogens is 1. The van der Waals surface area contributed by atoms with E-state index in [0.29, 0.717) is 29.2 Å². The molecule has 1 aromatic carbocycles. The molecule has 0 bridgehead atoms. The van der Waals surface area contributed by atoms with Crippen LogP contribution in [0.5, 0.6) is 0 Å². The highest BCUT2D eigenvalue weighted by Crippen LogP contribution is 2.30. The first-order valence-corrected chi connectivity index (χ1v) is 7.93. The lowest BCUT2D eigenvalue weighted by molar-refractivity contribution is -0.120. The van der Waals surface area contributed by atoms with Gasteiger partial charge in [0.05, 0.1) is 17.3 Å². The van der Waals surface area contributed by atoms with E-state index in [1.54, 1.807) is 23.1 Å². The smallest absolute Gasteiger partial charge is 0.251 e. The molecule has 1 aliphatic rings. The summed E-state index contributed by atoms with van der Waals surface area (Å²) in [6.45, 7) is 4.19. The Morgan fingerprint density at radius 1 is 1.35 bits per heavy atom. The van der Waals surface area contributed by atoms with Gasteiger partial charge in [0.15, 0.2) is 0 Å². The van der Waals surface area contributed by atoms with Crippen molar-refractivity contribution in [2.45, 2.75) is 32.7 Å². The Kier molecular flexibility index (Phi) is 5.60. The van der Waals surface area contributed by atoms with Gasteiger partial charge < -0.3 is 15.5 Å². The molecule has 0 unspecified atom stereocenters. The molecule has 0 saturated carbocycles. The second-order valence-electron chi connectivity index (χ2n) is 5.72. The molecule has 0 radical (unpaired) electrons. The topological polar surface area (TPSA) is 78.5 Å². The van der Waals surface area contributed by atoms with Crippen LogP contribution < -0.4 is 15.5 Å². The van der Waals surface area contributed by atoms with Crippen molar-refractivity contribution in [1.82, 2.24) is 10.6 Å². The van der Waals surface area contributed by atoms with Gasteiger partial charge in [-0.1, -0.05) is 11.6 Å². The van der Waals surface area contributed by atoms with Crippen LogP contribution in [-0.4, -0.2) is 36.9 Å². The minimum atomic E-state index is -0.381. The van der Waals surface area contributed by atoms with Crippen LogP contribution in [0.1, 0.15) is 37.0 Å². The van der Waals surface area contributed by atoms with Crippen LogP contribution >= 0.6 is 11.6 Å². The van der Waals surface area contributed by atoms with Crippen LogP contribution in [0.4, 0.5) is 5.69 Å². The Hall–Kier alpha value is -2.08. The Labute approximate surface area is 140 Å². The summed E-state index contributed by atoms with van der Waals surface area (Å²) in [6, 6.07) is 4.76. The summed E-state index contributed by atoms with van der Waals surface area (Å²) in [5, 5.41) is 5.67.